The maximum Gasteiger partial charge on any atom is 0.326 e. The Bertz CT molecular complexity index is 785. The summed E-state index contributed by atoms with van der Waals surface area (Å²) in [4.78, 5) is 34.0. The number of rotatable bonds is 12. The minimum atomic E-state index is -3.68. The van der Waals surface area contributed by atoms with Crippen LogP contribution in [-0.4, -0.2) is 59.9 Å². The lowest BCUT2D eigenvalue weighted by Gasteiger charge is -2.21. The van der Waals surface area contributed by atoms with Crippen molar-refractivity contribution in [1.29, 1.82) is 0 Å². The van der Waals surface area contributed by atoms with E-state index in [0.29, 0.717) is 25.9 Å². The average Bonchev–Trinajstić information content (AvgIpc) is 2.64. The molecule has 9 nitrogen and oxygen atoms in total. The molecular weight excluding hydrogens is 388 g/mol. The SMILES string of the molecule is CCCN(CCC)S(=O)(=O)c1ccc(C(=O)N[C@@H](CCC(=O)O)C(=O)O)cc1. The van der Waals surface area contributed by atoms with Gasteiger partial charge in [-0.05, 0) is 43.5 Å². The van der Waals surface area contributed by atoms with Gasteiger partial charge in [-0.1, -0.05) is 13.8 Å². The first-order valence-corrected chi connectivity index (χ1v) is 10.4. The number of nitrogens with zero attached hydrogens (tertiary/aromatic N) is 1. The number of hydrogen-bond acceptors (Lipinski definition) is 5. The monoisotopic (exact) mass is 414 g/mol. The standard InChI is InChI=1S/C18H26N2O7S/c1-3-11-20(12-4-2)28(26,27)14-7-5-13(6-8-14)17(23)19-15(18(24)25)9-10-16(21)22/h5-8,15H,3-4,9-12H2,1-2H3,(H,19,23)(H,21,22)(H,24,25)/t15-/m0/s1. The molecule has 0 aromatic heterocycles. The zero-order valence-electron chi connectivity index (χ0n) is 15.9. The zero-order chi connectivity index (χ0) is 21.3. The quantitative estimate of drug-likeness (QED) is 0.471. The minimum absolute atomic E-state index is 0.0478. The molecule has 3 N–H and O–H groups in total. The summed E-state index contributed by atoms with van der Waals surface area (Å²) in [6.07, 6.45) is 0.685. The van der Waals surface area contributed by atoms with Crippen LogP contribution in [0.3, 0.4) is 0 Å². The molecule has 1 rings (SSSR count). The summed E-state index contributed by atoms with van der Waals surface area (Å²) in [5, 5.41) is 20.0. The van der Waals surface area contributed by atoms with Crippen LogP contribution >= 0.6 is 0 Å². The van der Waals surface area contributed by atoms with E-state index in [2.05, 4.69) is 5.32 Å². The number of benzene rings is 1. The van der Waals surface area contributed by atoms with Gasteiger partial charge in [0, 0.05) is 25.1 Å². The van der Waals surface area contributed by atoms with Gasteiger partial charge in [0.2, 0.25) is 10.0 Å². The first-order chi connectivity index (χ1) is 13.1. The van der Waals surface area contributed by atoms with E-state index in [0.717, 1.165) is 0 Å². The van der Waals surface area contributed by atoms with Crippen molar-refractivity contribution in [1.82, 2.24) is 9.62 Å². The number of hydrogen-bond donors (Lipinski definition) is 3. The number of carboxylic acids is 2. The van der Waals surface area contributed by atoms with E-state index >= 15 is 0 Å². The van der Waals surface area contributed by atoms with Gasteiger partial charge < -0.3 is 15.5 Å². The highest BCUT2D eigenvalue weighted by atomic mass is 32.2. The van der Waals surface area contributed by atoms with Crippen molar-refractivity contribution < 1.29 is 33.0 Å². The Labute approximate surface area is 164 Å². The summed E-state index contributed by atoms with van der Waals surface area (Å²) in [7, 11) is -3.68. The summed E-state index contributed by atoms with van der Waals surface area (Å²) in [6, 6.07) is 3.85. The van der Waals surface area contributed by atoms with Crippen LogP contribution < -0.4 is 5.32 Å². The van der Waals surface area contributed by atoms with Crippen LogP contribution in [-0.2, 0) is 19.6 Å². The molecule has 0 saturated carbocycles. The lowest BCUT2D eigenvalue weighted by molar-refractivity contribution is -0.140. The Morgan fingerprint density at radius 1 is 1.04 bits per heavy atom. The van der Waals surface area contributed by atoms with Gasteiger partial charge in [0.05, 0.1) is 4.90 Å². The molecule has 10 heteroatoms. The molecule has 156 valence electrons. The van der Waals surface area contributed by atoms with Crippen molar-refractivity contribution in [3.63, 3.8) is 0 Å². The van der Waals surface area contributed by atoms with Crippen LogP contribution in [0.5, 0.6) is 0 Å². The van der Waals surface area contributed by atoms with E-state index in [1.54, 1.807) is 0 Å². The molecule has 0 saturated heterocycles. The first-order valence-electron chi connectivity index (χ1n) is 8.99. The van der Waals surface area contributed by atoms with Crippen molar-refractivity contribution in [2.45, 2.75) is 50.5 Å². The number of carbonyl (C=O) groups excluding carboxylic acids is 1. The fourth-order valence-electron chi connectivity index (χ4n) is 2.55. The molecule has 0 radical (unpaired) electrons. The van der Waals surface area contributed by atoms with Crippen molar-refractivity contribution in [3.05, 3.63) is 29.8 Å². The van der Waals surface area contributed by atoms with Gasteiger partial charge in [-0.2, -0.15) is 4.31 Å². The summed E-state index contributed by atoms with van der Waals surface area (Å²) in [6.45, 7) is 4.55. The summed E-state index contributed by atoms with van der Waals surface area (Å²) in [5.41, 5.74) is 0.0815. The highest BCUT2D eigenvalue weighted by Crippen LogP contribution is 2.17. The molecule has 1 aromatic carbocycles. The van der Waals surface area contributed by atoms with Gasteiger partial charge in [-0.3, -0.25) is 9.59 Å². The van der Waals surface area contributed by atoms with Crippen molar-refractivity contribution >= 4 is 27.9 Å². The van der Waals surface area contributed by atoms with E-state index in [1.807, 2.05) is 13.8 Å². The second kappa shape index (κ2) is 10.8. The third kappa shape index (κ3) is 6.61. The van der Waals surface area contributed by atoms with Crippen LogP contribution in [0.25, 0.3) is 0 Å². The van der Waals surface area contributed by atoms with Crippen LogP contribution in [0.4, 0.5) is 0 Å². The highest BCUT2D eigenvalue weighted by Gasteiger charge is 2.24. The Morgan fingerprint density at radius 2 is 1.57 bits per heavy atom. The molecule has 0 fully saturated rings. The molecule has 1 atom stereocenters. The molecular formula is C18H26N2O7S. The van der Waals surface area contributed by atoms with Gasteiger partial charge in [0.25, 0.3) is 5.91 Å². The molecule has 0 unspecified atom stereocenters. The number of carbonyl (C=O) groups is 3. The van der Waals surface area contributed by atoms with Crippen LogP contribution in [0, 0.1) is 0 Å². The van der Waals surface area contributed by atoms with Crippen LogP contribution in [0.2, 0.25) is 0 Å². The molecule has 0 aliphatic rings. The molecule has 1 aromatic rings. The van der Waals surface area contributed by atoms with Gasteiger partial charge in [0.15, 0.2) is 0 Å². The lowest BCUT2D eigenvalue weighted by Crippen LogP contribution is -2.41. The van der Waals surface area contributed by atoms with Crippen molar-refractivity contribution in [3.8, 4) is 0 Å². The molecule has 0 aliphatic heterocycles. The Balaban J connectivity index is 2.94. The van der Waals surface area contributed by atoms with E-state index in [4.69, 9.17) is 10.2 Å². The van der Waals surface area contributed by atoms with Crippen molar-refractivity contribution in [2.75, 3.05) is 13.1 Å². The molecule has 0 aliphatic carbocycles. The summed E-state index contributed by atoms with van der Waals surface area (Å²) < 4.78 is 26.8. The third-order valence-corrected chi connectivity index (χ3v) is 5.86. The van der Waals surface area contributed by atoms with E-state index in [-0.39, 0.29) is 16.9 Å². The van der Waals surface area contributed by atoms with E-state index in [1.165, 1.54) is 28.6 Å². The fraction of sp³-hybridized carbons (Fsp3) is 0.500. The maximum absolute atomic E-state index is 12.7. The average molecular weight is 414 g/mol. The van der Waals surface area contributed by atoms with Gasteiger partial charge in [0.1, 0.15) is 6.04 Å². The molecule has 28 heavy (non-hydrogen) atoms. The number of sulfonamides is 1. The number of aliphatic carboxylic acids is 2. The second-order valence-corrected chi connectivity index (χ2v) is 8.16. The highest BCUT2D eigenvalue weighted by molar-refractivity contribution is 7.89. The predicted octanol–water partition coefficient (Wildman–Crippen LogP) is 1.55. The Hall–Kier alpha value is -2.46. The summed E-state index contributed by atoms with van der Waals surface area (Å²) in [5.74, 6) is -3.23. The smallest absolute Gasteiger partial charge is 0.326 e. The number of amides is 1. The third-order valence-electron chi connectivity index (χ3n) is 3.95. The second-order valence-electron chi connectivity index (χ2n) is 6.23. The van der Waals surface area contributed by atoms with E-state index in [9.17, 15) is 22.8 Å². The van der Waals surface area contributed by atoms with Gasteiger partial charge >= 0.3 is 11.9 Å². The van der Waals surface area contributed by atoms with Crippen LogP contribution in [0.15, 0.2) is 29.2 Å². The van der Waals surface area contributed by atoms with Gasteiger partial charge in [-0.25, -0.2) is 13.2 Å². The molecule has 0 spiro atoms. The lowest BCUT2D eigenvalue weighted by atomic mass is 10.1. The first kappa shape index (κ1) is 23.6. The fourth-order valence-corrected chi connectivity index (χ4v) is 4.17. The van der Waals surface area contributed by atoms with E-state index < -0.39 is 40.3 Å². The molecule has 1 amide bonds. The zero-order valence-corrected chi connectivity index (χ0v) is 16.7. The molecule has 0 heterocycles. The Morgan fingerprint density at radius 3 is 2.00 bits per heavy atom. The normalized spacial score (nSPS) is 12.5. The number of carboxylic acid groups (broad SMARTS) is 2. The van der Waals surface area contributed by atoms with Crippen molar-refractivity contribution in [2.24, 2.45) is 0 Å². The molecule has 0 bridgehead atoms. The Kier molecular flexibility index (Phi) is 9.07. The van der Waals surface area contributed by atoms with Crippen LogP contribution in [0.1, 0.15) is 49.9 Å². The predicted molar refractivity (Wildman–Crippen MR) is 102 cm³/mol. The van der Waals surface area contributed by atoms with Gasteiger partial charge in [-0.15, -0.1) is 0 Å². The number of nitrogens with one attached hydrogen (secondary N) is 1. The largest absolute Gasteiger partial charge is 0.481 e. The summed E-state index contributed by atoms with van der Waals surface area (Å²) >= 11 is 0. The maximum atomic E-state index is 12.7. The topological polar surface area (TPSA) is 141 Å². The minimum Gasteiger partial charge on any atom is -0.481 e.